The number of rotatable bonds is 7. The van der Waals surface area contributed by atoms with Crippen molar-refractivity contribution in [2.45, 2.75) is 26.4 Å². The molecule has 0 unspecified atom stereocenters. The molecule has 0 amide bonds. The highest BCUT2D eigenvalue weighted by atomic mass is 16.6. The standard InChI is InChI=1S/C22H22N2O4/c1-15(2)21-23-20(28-24-21)14-27-22(25)18(16-9-5-4-6-10-16)13-17-11-7-8-12-19(17)26-3/h4-13,15H,14H2,1-3H3/b18-13+. The molecule has 1 heterocycles. The molecule has 0 fully saturated rings. The molecule has 0 spiro atoms. The highest BCUT2D eigenvalue weighted by molar-refractivity contribution is 6.21. The van der Waals surface area contributed by atoms with E-state index in [1.165, 1.54) is 0 Å². The van der Waals surface area contributed by atoms with Crippen LogP contribution in [0.15, 0.2) is 59.1 Å². The highest BCUT2D eigenvalue weighted by Gasteiger charge is 2.17. The third-order valence-corrected chi connectivity index (χ3v) is 4.07. The molecule has 3 rings (SSSR count). The second kappa shape index (κ2) is 8.99. The maximum atomic E-state index is 12.8. The summed E-state index contributed by atoms with van der Waals surface area (Å²) in [6, 6.07) is 16.8. The van der Waals surface area contributed by atoms with Gasteiger partial charge in [0.15, 0.2) is 12.4 Å². The van der Waals surface area contributed by atoms with Gasteiger partial charge < -0.3 is 14.0 Å². The normalized spacial score (nSPS) is 11.5. The summed E-state index contributed by atoms with van der Waals surface area (Å²) in [6.07, 6.45) is 1.75. The van der Waals surface area contributed by atoms with Gasteiger partial charge in [-0.25, -0.2) is 4.79 Å². The molecule has 0 saturated carbocycles. The summed E-state index contributed by atoms with van der Waals surface area (Å²) < 4.78 is 16.0. The van der Waals surface area contributed by atoms with Gasteiger partial charge in [-0.3, -0.25) is 0 Å². The molecule has 2 aromatic carbocycles. The molecular weight excluding hydrogens is 356 g/mol. The number of esters is 1. The summed E-state index contributed by atoms with van der Waals surface area (Å²) in [5.74, 6) is 1.17. The molecule has 28 heavy (non-hydrogen) atoms. The number of ether oxygens (including phenoxy) is 2. The van der Waals surface area contributed by atoms with Crippen LogP contribution in [0.3, 0.4) is 0 Å². The first-order valence-electron chi connectivity index (χ1n) is 8.98. The first-order valence-corrected chi connectivity index (χ1v) is 8.98. The Kier molecular flexibility index (Phi) is 6.22. The largest absolute Gasteiger partial charge is 0.496 e. The molecule has 0 saturated heterocycles. The van der Waals surface area contributed by atoms with Crippen LogP contribution in [0.25, 0.3) is 11.6 Å². The lowest BCUT2D eigenvalue weighted by molar-refractivity contribution is -0.138. The summed E-state index contributed by atoms with van der Waals surface area (Å²) in [7, 11) is 1.59. The molecule has 1 aromatic heterocycles. The number of methoxy groups -OCH3 is 1. The van der Waals surface area contributed by atoms with Crippen molar-refractivity contribution in [3.63, 3.8) is 0 Å². The van der Waals surface area contributed by atoms with Crippen LogP contribution in [-0.2, 0) is 16.1 Å². The van der Waals surface area contributed by atoms with Crippen molar-refractivity contribution in [1.29, 1.82) is 0 Å². The Labute approximate surface area is 163 Å². The van der Waals surface area contributed by atoms with Crippen LogP contribution in [0.1, 0.15) is 42.6 Å². The zero-order chi connectivity index (χ0) is 19.9. The van der Waals surface area contributed by atoms with E-state index < -0.39 is 5.97 Å². The lowest BCUT2D eigenvalue weighted by Gasteiger charge is -2.09. The monoisotopic (exact) mass is 378 g/mol. The Bertz CT molecular complexity index is 961. The molecule has 0 atom stereocenters. The zero-order valence-corrected chi connectivity index (χ0v) is 16.1. The van der Waals surface area contributed by atoms with Crippen LogP contribution >= 0.6 is 0 Å². The van der Waals surface area contributed by atoms with Gasteiger partial charge in [-0.05, 0) is 17.7 Å². The van der Waals surface area contributed by atoms with E-state index in [0.29, 0.717) is 17.1 Å². The van der Waals surface area contributed by atoms with E-state index in [9.17, 15) is 4.79 Å². The summed E-state index contributed by atoms with van der Waals surface area (Å²) >= 11 is 0. The molecule has 0 bridgehead atoms. The smallest absolute Gasteiger partial charge is 0.339 e. The Morgan fingerprint density at radius 3 is 2.50 bits per heavy atom. The zero-order valence-electron chi connectivity index (χ0n) is 16.1. The fourth-order valence-corrected chi connectivity index (χ4v) is 2.59. The quantitative estimate of drug-likeness (QED) is 0.343. The van der Waals surface area contributed by atoms with Crippen molar-refractivity contribution in [2.24, 2.45) is 0 Å². The Balaban J connectivity index is 1.86. The molecule has 0 N–H and O–H groups in total. The van der Waals surface area contributed by atoms with Gasteiger partial charge in [0.25, 0.3) is 5.89 Å². The molecular formula is C22H22N2O4. The van der Waals surface area contributed by atoms with Gasteiger partial charge in [-0.15, -0.1) is 0 Å². The van der Waals surface area contributed by atoms with Crippen LogP contribution in [0.4, 0.5) is 0 Å². The van der Waals surface area contributed by atoms with Crippen molar-refractivity contribution < 1.29 is 18.8 Å². The molecule has 3 aromatic rings. The summed E-state index contributed by atoms with van der Waals surface area (Å²) in [4.78, 5) is 17.1. The number of nitrogens with zero attached hydrogens (tertiary/aromatic N) is 2. The Hall–Kier alpha value is -3.41. The molecule has 0 radical (unpaired) electrons. The minimum atomic E-state index is -0.485. The van der Waals surface area contributed by atoms with Gasteiger partial charge in [0.2, 0.25) is 0 Å². The van der Waals surface area contributed by atoms with E-state index in [0.717, 1.165) is 11.1 Å². The van der Waals surface area contributed by atoms with Crippen molar-refractivity contribution in [1.82, 2.24) is 10.1 Å². The fourth-order valence-electron chi connectivity index (χ4n) is 2.59. The Morgan fingerprint density at radius 2 is 1.82 bits per heavy atom. The number of carbonyl (C=O) groups excluding carboxylic acids is 1. The number of carbonyl (C=O) groups is 1. The second-order valence-electron chi connectivity index (χ2n) is 6.44. The number of benzene rings is 2. The average Bonchev–Trinajstić information content (AvgIpc) is 3.20. The fraction of sp³-hybridized carbons (Fsp3) is 0.227. The van der Waals surface area contributed by atoms with Gasteiger partial charge in [0, 0.05) is 11.5 Å². The predicted octanol–water partition coefficient (Wildman–Crippen LogP) is 4.49. The molecule has 6 nitrogen and oxygen atoms in total. The van der Waals surface area contributed by atoms with E-state index in [4.69, 9.17) is 14.0 Å². The van der Waals surface area contributed by atoms with Crippen LogP contribution in [0, 0.1) is 0 Å². The number of para-hydroxylation sites is 1. The predicted molar refractivity (Wildman–Crippen MR) is 105 cm³/mol. The van der Waals surface area contributed by atoms with Crippen LogP contribution in [0.5, 0.6) is 5.75 Å². The Morgan fingerprint density at radius 1 is 1.11 bits per heavy atom. The number of hydrogen-bond acceptors (Lipinski definition) is 6. The molecule has 6 heteroatoms. The summed E-state index contributed by atoms with van der Waals surface area (Å²) in [6.45, 7) is 3.84. The van der Waals surface area contributed by atoms with Crippen LogP contribution in [0.2, 0.25) is 0 Å². The topological polar surface area (TPSA) is 74.5 Å². The van der Waals surface area contributed by atoms with Gasteiger partial charge in [-0.1, -0.05) is 67.5 Å². The van der Waals surface area contributed by atoms with E-state index in [1.54, 1.807) is 13.2 Å². The molecule has 144 valence electrons. The first-order chi connectivity index (χ1) is 13.6. The van der Waals surface area contributed by atoms with Crippen LogP contribution in [-0.4, -0.2) is 23.2 Å². The van der Waals surface area contributed by atoms with Gasteiger partial charge in [0.05, 0.1) is 12.7 Å². The van der Waals surface area contributed by atoms with Crippen molar-refractivity contribution in [3.05, 3.63) is 77.4 Å². The first kappa shape index (κ1) is 19.4. The molecule has 0 aliphatic heterocycles. The van der Waals surface area contributed by atoms with E-state index in [-0.39, 0.29) is 18.4 Å². The van der Waals surface area contributed by atoms with Gasteiger partial charge in [0.1, 0.15) is 5.75 Å². The van der Waals surface area contributed by atoms with Crippen molar-refractivity contribution in [2.75, 3.05) is 7.11 Å². The van der Waals surface area contributed by atoms with Gasteiger partial charge >= 0.3 is 5.97 Å². The maximum absolute atomic E-state index is 12.8. The van der Waals surface area contributed by atoms with E-state index in [2.05, 4.69) is 10.1 Å². The number of aromatic nitrogens is 2. The second-order valence-corrected chi connectivity index (χ2v) is 6.44. The number of hydrogen-bond donors (Lipinski definition) is 0. The highest BCUT2D eigenvalue weighted by Crippen LogP contribution is 2.25. The lowest BCUT2D eigenvalue weighted by Crippen LogP contribution is -2.08. The minimum absolute atomic E-state index is 0.0886. The van der Waals surface area contributed by atoms with E-state index >= 15 is 0 Å². The third kappa shape index (κ3) is 4.65. The SMILES string of the molecule is COc1ccccc1/C=C(/C(=O)OCc1nc(C(C)C)no1)c1ccccc1. The van der Waals surface area contributed by atoms with Crippen LogP contribution < -0.4 is 4.74 Å². The minimum Gasteiger partial charge on any atom is -0.496 e. The lowest BCUT2D eigenvalue weighted by atomic mass is 10.0. The summed E-state index contributed by atoms with van der Waals surface area (Å²) in [5.41, 5.74) is 1.93. The third-order valence-electron chi connectivity index (χ3n) is 4.07. The van der Waals surface area contributed by atoms with Crippen molar-refractivity contribution >= 4 is 17.6 Å². The van der Waals surface area contributed by atoms with Crippen molar-refractivity contribution in [3.8, 4) is 5.75 Å². The summed E-state index contributed by atoms with van der Waals surface area (Å²) in [5, 5.41) is 3.88. The average molecular weight is 378 g/mol. The maximum Gasteiger partial charge on any atom is 0.339 e. The van der Waals surface area contributed by atoms with Gasteiger partial charge in [-0.2, -0.15) is 4.98 Å². The van der Waals surface area contributed by atoms with E-state index in [1.807, 2.05) is 68.4 Å². The molecule has 0 aliphatic carbocycles. The molecule has 0 aliphatic rings.